The van der Waals surface area contributed by atoms with Gasteiger partial charge in [-0.2, -0.15) is 0 Å². The Labute approximate surface area is 104 Å². The zero-order valence-corrected chi connectivity index (χ0v) is 10.1. The molecule has 0 aromatic carbocycles. The quantitative estimate of drug-likeness (QED) is 0.818. The molecule has 2 aromatic heterocycles. The third-order valence-electron chi connectivity index (χ3n) is 2.28. The van der Waals surface area contributed by atoms with Crippen molar-refractivity contribution in [1.82, 2.24) is 25.5 Å². The number of nitrogens with zero attached hydrogens (tertiary/aromatic N) is 3. The minimum Gasteiger partial charge on any atom is -0.481 e. The predicted molar refractivity (Wildman–Crippen MR) is 63.1 cm³/mol. The standard InChI is InChI=1S/C11H13N5O2/c1-7-14-9(16-15-7)10(17)13-6-8-4-3-5-12-11(8)18-2/h3-5H,6H2,1-2H3,(H,13,17)(H,14,15,16). The van der Waals surface area contributed by atoms with Gasteiger partial charge in [-0.1, -0.05) is 6.07 Å². The highest BCUT2D eigenvalue weighted by atomic mass is 16.5. The van der Waals surface area contributed by atoms with E-state index in [2.05, 4.69) is 25.5 Å². The van der Waals surface area contributed by atoms with Crippen LogP contribution in [0, 0.1) is 6.92 Å². The van der Waals surface area contributed by atoms with Gasteiger partial charge in [0.05, 0.1) is 7.11 Å². The Morgan fingerprint density at radius 1 is 1.56 bits per heavy atom. The van der Waals surface area contributed by atoms with E-state index < -0.39 is 0 Å². The molecule has 0 aliphatic heterocycles. The van der Waals surface area contributed by atoms with Crippen LogP contribution in [0.4, 0.5) is 0 Å². The molecule has 0 saturated carbocycles. The van der Waals surface area contributed by atoms with Gasteiger partial charge in [-0.15, -0.1) is 5.10 Å². The molecule has 0 saturated heterocycles. The summed E-state index contributed by atoms with van der Waals surface area (Å²) in [7, 11) is 1.53. The summed E-state index contributed by atoms with van der Waals surface area (Å²) in [5.41, 5.74) is 0.792. The van der Waals surface area contributed by atoms with E-state index in [0.717, 1.165) is 5.56 Å². The number of aryl methyl sites for hydroxylation is 1. The molecule has 94 valence electrons. The summed E-state index contributed by atoms with van der Waals surface area (Å²) < 4.78 is 5.09. The molecule has 0 fully saturated rings. The van der Waals surface area contributed by atoms with Crippen LogP contribution in [0.25, 0.3) is 0 Å². The maximum atomic E-state index is 11.7. The van der Waals surface area contributed by atoms with Crippen LogP contribution in [-0.2, 0) is 6.54 Å². The number of nitrogens with one attached hydrogen (secondary N) is 2. The molecule has 2 N–H and O–H groups in total. The van der Waals surface area contributed by atoms with Crippen molar-refractivity contribution >= 4 is 5.91 Å². The third kappa shape index (κ3) is 2.62. The van der Waals surface area contributed by atoms with Crippen molar-refractivity contribution in [3.63, 3.8) is 0 Å². The molecular formula is C11H13N5O2. The van der Waals surface area contributed by atoms with Gasteiger partial charge in [-0.3, -0.25) is 9.89 Å². The number of rotatable bonds is 4. The number of carbonyl (C=O) groups is 1. The van der Waals surface area contributed by atoms with Gasteiger partial charge in [-0.05, 0) is 13.0 Å². The van der Waals surface area contributed by atoms with Gasteiger partial charge in [0.15, 0.2) is 0 Å². The molecule has 1 amide bonds. The average Bonchev–Trinajstić information content (AvgIpc) is 2.83. The lowest BCUT2D eigenvalue weighted by Gasteiger charge is -2.06. The average molecular weight is 247 g/mol. The van der Waals surface area contributed by atoms with Crippen LogP contribution >= 0.6 is 0 Å². The molecule has 0 bridgehead atoms. The molecule has 0 aliphatic carbocycles. The first-order valence-corrected chi connectivity index (χ1v) is 5.36. The lowest BCUT2D eigenvalue weighted by molar-refractivity contribution is 0.0940. The maximum Gasteiger partial charge on any atom is 0.291 e. The van der Waals surface area contributed by atoms with Crippen LogP contribution < -0.4 is 10.1 Å². The van der Waals surface area contributed by atoms with E-state index >= 15 is 0 Å². The van der Waals surface area contributed by atoms with Crippen LogP contribution in [0.1, 0.15) is 22.0 Å². The van der Waals surface area contributed by atoms with Gasteiger partial charge >= 0.3 is 0 Å². The van der Waals surface area contributed by atoms with Crippen LogP contribution in [-0.4, -0.2) is 33.2 Å². The summed E-state index contributed by atoms with van der Waals surface area (Å²) in [4.78, 5) is 19.7. The summed E-state index contributed by atoms with van der Waals surface area (Å²) in [6.45, 7) is 2.04. The molecule has 2 aromatic rings. The number of hydrogen-bond acceptors (Lipinski definition) is 5. The van der Waals surface area contributed by atoms with Gasteiger partial charge in [-0.25, -0.2) is 9.97 Å². The lowest BCUT2D eigenvalue weighted by atomic mass is 10.2. The predicted octanol–water partition coefficient (Wildman–Crippen LogP) is 0.447. The van der Waals surface area contributed by atoms with E-state index in [1.807, 2.05) is 6.07 Å². The largest absolute Gasteiger partial charge is 0.481 e. The highest BCUT2D eigenvalue weighted by molar-refractivity contribution is 5.90. The van der Waals surface area contributed by atoms with Gasteiger partial charge in [0.1, 0.15) is 5.82 Å². The summed E-state index contributed by atoms with van der Waals surface area (Å²) >= 11 is 0. The summed E-state index contributed by atoms with van der Waals surface area (Å²) in [6, 6.07) is 3.61. The smallest absolute Gasteiger partial charge is 0.291 e. The van der Waals surface area contributed by atoms with Gasteiger partial charge in [0.2, 0.25) is 11.7 Å². The first kappa shape index (κ1) is 12.0. The third-order valence-corrected chi connectivity index (χ3v) is 2.28. The van der Waals surface area contributed by atoms with Crippen molar-refractivity contribution < 1.29 is 9.53 Å². The minimum atomic E-state index is -0.342. The van der Waals surface area contributed by atoms with Crippen LogP contribution in [0.15, 0.2) is 18.3 Å². The van der Waals surface area contributed by atoms with Crippen LogP contribution in [0.3, 0.4) is 0 Å². The molecule has 2 rings (SSSR count). The molecule has 7 heteroatoms. The van der Waals surface area contributed by atoms with E-state index in [0.29, 0.717) is 18.2 Å². The molecule has 0 spiro atoms. The minimum absolute atomic E-state index is 0.121. The fourth-order valence-electron chi connectivity index (χ4n) is 1.44. The topological polar surface area (TPSA) is 92.8 Å². The molecule has 0 unspecified atom stereocenters. The van der Waals surface area contributed by atoms with Crippen molar-refractivity contribution in [3.8, 4) is 5.88 Å². The molecule has 18 heavy (non-hydrogen) atoms. The van der Waals surface area contributed by atoms with Crippen LogP contribution in [0.2, 0.25) is 0 Å². The zero-order valence-electron chi connectivity index (χ0n) is 10.1. The molecular weight excluding hydrogens is 234 g/mol. The number of carbonyl (C=O) groups excluding carboxylic acids is 1. The number of pyridine rings is 1. The number of aromatic amines is 1. The first-order valence-electron chi connectivity index (χ1n) is 5.36. The summed E-state index contributed by atoms with van der Waals surface area (Å²) in [6.07, 6.45) is 1.63. The lowest BCUT2D eigenvalue weighted by Crippen LogP contribution is -2.24. The second-order valence-electron chi connectivity index (χ2n) is 3.60. The van der Waals surface area contributed by atoms with Crippen molar-refractivity contribution in [2.45, 2.75) is 13.5 Å². The first-order chi connectivity index (χ1) is 8.70. The van der Waals surface area contributed by atoms with E-state index in [4.69, 9.17) is 4.74 Å². The molecule has 2 heterocycles. The van der Waals surface area contributed by atoms with Crippen molar-refractivity contribution in [3.05, 3.63) is 35.5 Å². The normalized spacial score (nSPS) is 10.1. The fourth-order valence-corrected chi connectivity index (χ4v) is 1.44. The molecule has 0 radical (unpaired) electrons. The highest BCUT2D eigenvalue weighted by Crippen LogP contribution is 2.12. The highest BCUT2D eigenvalue weighted by Gasteiger charge is 2.11. The van der Waals surface area contributed by atoms with Crippen LogP contribution in [0.5, 0.6) is 5.88 Å². The monoisotopic (exact) mass is 247 g/mol. The number of hydrogen-bond donors (Lipinski definition) is 2. The maximum absolute atomic E-state index is 11.7. The molecule has 7 nitrogen and oxygen atoms in total. The van der Waals surface area contributed by atoms with Gasteiger partial charge in [0, 0.05) is 18.3 Å². The number of aromatic nitrogens is 4. The number of ether oxygens (including phenoxy) is 1. The van der Waals surface area contributed by atoms with E-state index in [1.165, 1.54) is 7.11 Å². The van der Waals surface area contributed by atoms with E-state index in [9.17, 15) is 4.79 Å². The van der Waals surface area contributed by atoms with Crippen molar-refractivity contribution in [1.29, 1.82) is 0 Å². The number of H-pyrrole nitrogens is 1. The van der Waals surface area contributed by atoms with E-state index in [1.54, 1.807) is 19.2 Å². The van der Waals surface area contributed by atoms with Crippen molar-refractivity contribution in [2.75, 3.05) is 7.11 Å². The van der Waals surface area contributed by atoms with E-state index in [-0.39, 0.29) is 11.7 Å². The Hall–Kier alpha value is -2.44. The number of amides is 1. The Balaban J connectivity index is 2.01. The molecule has 0 aliphatic rings. The zero-order chi connectivity index (χ0) is 13.0. The Morgan fingerprint density at radius 3 is 3.06 bits per heavy atom. The fraction of sp³-hybridized carbons (Fsp3) is 0.273. The SMILES string of the molecule is COc1ncccc1CNC(=O)c1n[nH]c(C)n1. The van der Waals surface area contributed by atoms with Crippen molar-refractivity contribution in [2.24, 2.45) is 0 Å². The summed E-state index contributed by atoms with van der Waals surface area (Å²) in [5, 5.41) is 9.09. The Bertz CT molecular complexity index is 552. The Kier molecular flexibility index (Phi) is 3.52. The number of methoxy groups -OCH3 is 1. The van der Waals surface area contributed by atoms with Gasteiger partial charge in [0.25, 0.3) is 5.91 Å². The second kappa shape index (κ2) is 5.26. The Morgan fingerprint density at radius 2 is 2.39 bits per heavy atom. The molecule has 0 atom stereocenters. The summed E-state index contributed by atoms with van der Waals surface area (Å²) in [5.74, 6) is 0.865. The van der Waals surface area contributed by atoms with Gasteiger partial charge < -0.3 is 10.1 Å². The second-order valence-corrected chi connectivity index (χ2v) is 3.60.